The summed E-state index contributed by atoms with van der Waals surface area (Å²) in [7, 11) is 0. The summed E-state index contributed by atoms with van der Waals surface area (Å²) in [6.07, 6.45) is -2.01. The fraction of sp³-hybridized carbons (Fsp3) is 0.538. The normalized spacial score (nSPS) is 31.5. The number of aliphatic hydroxyl groups excluding tert-OH is 3. The van der Waals surface area contributed by atoms with Crippen LogP contribution >= 0.6 is 0 Å². The number of imidazole rings is 1. The van der Waals surface area contributed by atoms with E-state index in [1.165, 1.54) is 19.6 Å². The van der Waals surface area contributed by atoms with Crippen molar-refractivity contribution in [1.29, 1.82) is 0 Å². The van der Waals surface area contributed by atoms with E-state index in [-0.39, 0.29) is 17.0 Å². The number of hydrogen-bond acceptors (Lipinski definition) is 10. The van der Waals surface area contributed by atoms with Gasteiger partial charge in [-0.05, 0) is 6.92 Å². The molecule has 0 aromatic carbocycles. The monoisotopic (exact) mass is 338 g/mol. The van der Waals surface area contributed by atoms with Crippen LogP contribution in [-0.2, 0) is 15.3 Å². The van der Waals surface area contributed by atoms with Gasteiger partial charge in [0.2, 0.25) is 11.5 Å². The maximum atomic E-state index is 12.8. The fourth-order valence-electron chi connectivity index (χ4n) is 2.89. The molecule has 0 radical (unpaired) electrons. The van der Waals surface area contributed by atoms with E-state index in [4.69, 9.17) is 16.2 Å². The van der Waals surface area contributed by atoms with Crippen molar-refractivity contribution in [2.75, 3.05) is 12.3 Å². The van der Waals surface area contributed by atoms with E-state index in [0.29, 0.717) is 0 Å². The molecule has 0 amide bonds. The Morgan fingerprint density at radius 1 is 1.46 bits per heavy atom. The Labute approximate surface area is 135 Å². The number of carbonyl (C=O) groups excluding carboxylic acids is 1. The van der Waals surface area contributed by atoms with E-state index in [1.807, 2.05) is 0 Å². The van der Waals surface area contributed by atoms with E-state index in [1.54, 1.807) is 0 Å². The summed E-state index contributed by atoms with van der Waals surface area (Å²) < 4.78 is 6.74. The van der Waals surface area contributed by atoms with Crippen molar-refractivity contribution in [2.24, 2.45) is 5.73 Å². The smallest absolute Gasteiger partial charge is 0.238 e. The standard InChI is InChI=1S/C13H18N6O5/c1-5(14)9(22)13(10(23)8(21)6(2-20)24-13)19-4-18-7-11(15)16-3-17-12(7)19/h3-6,8,10,20-21,23H,2,14H2,1H3,(H2,15,16,17)/t5?,6-,8-,10-,13-/m1/s1. The van der Waals surface area contributed by atoms with Crippen molar-refractivity contribution in [3.63, 3.8) is 0 Å². The third-order valence-corrected chi connectivity index (χ3v) is 4.10. The lowest BCUT2D eigenvalue weighted by Crippen LogP contribution is -2.56. The van der Waals surface area contributed by atoms with Gasteiger partial charge in [-0.2, -0.15) is 0 Å². The molecule has 5 atom stereocenters. The van der Waals surface area contributed by atoms with Crippen LogP contribution < -0.4 is 11.5 Å². The summed E-state index contributed by atoms with van der Waals surface area (Å²) in [5.74, 6) is -0.629. The van der Waals surface area contributed by atoms with Crippen LogP contribution in [0.3, 0.4) is 0 Å². The van der Waals surface area contributed by atoms with Crippen LogP contribution in [0.5, 0.6) is 0 Å². The zero-order chi connectivity index (χ0) is 17.6. The number of aliphatic hydroxyl groups is 3. The maximum absolute atomic E-state index is 12.8. The highest BCUT2D eigenvalue weighted by Gasteiger charge is 2.61. The molecule has 0 saturated carbocycles. The highest BCUT2D eigenvalue weighted by molar-refractivity contribution is 5.92. The minimum atomic E-state index is -2.09. The minimum absolute atomic E-state index is 0.0777. The van der Waals surface area contributed by atoms with Crippen LogP contribution in [0.15, 0.2) is 12.7 Å². The fourth-order valence-corrected chi connectivity index (χ4v) is 2.89. The van der Waals surface area contributed by atoms with Crippen LogP contribution in [0.25, 0.3) is 11.2 Å². The number of ether oxygens (including phenoxy) is 1. The molecule has 0 aliphatic carbocycles. The van der Waals surface area contributed by atoms with E-state index < -0.39 is 42.5 Å². The predicted octanol–water partition coefficient (Wildman–Crippen LogP) is -2.91. The molecule has 2 aromatic heterocycles. The minimum Gasteiger partial charge on any atom is -0.394 e. The molecular weight excluding hydrogens is 320 g/mol. The van der Waals surface area contributed by atoms with Gasteiger partial charge < -0.3 is 31.5 Å². The first-order valence-corrected chi connectivity index (χ1v) is 7.23. The second kappa shape index (κ2) is 5.72. The van der Waals surface area contributed by atoms with E-state index in [0.717, 1.165) is 4.57 Å². The van der Waals surface area contributed by atoms with Crippen molar-refractivity contribution in [2.45, 2.75) is 37.0 Å². The largest absolute Gasteiger partial charge is 0.394 e. The van der Waals surface area contributed by atoms with Crippen molar-refractivity contribution in [3.8, 4) is 0 Å². The molecule has 1 aliphatic heterocycles. The molecular formula is C13H18N6O5. The Morgan fingerprint density at radius 2 is 2.17 bits per heavy atom. The number of anilines is 1. The van der Waals surface area contributed by atoms with Gasteiger partial charge in [0.25, 0.3) is 0 Å². The number of ketones is 1. The molecule has 3 rings (SSSR count). The molecule has 130 valence electrons. The summed E-state index contributed by atoms with van der Waals surface area (Å²) >= 11 is 0. The average Bonchev–Trinajstić information content (AvgIpc) is 3.09. The van der Waals surface area contributed by atoms with Crippen LogP contribution in [0.4, 0.5) is 5.82 Å². The third kappa shape index (κ3) is 2.10. The van der Waals surface area contributed by atoms with Crippen LogP contribution in [-0.4, -0.2) is 71.6 Å². The lowest BCUT2D eigenvalue weighted by Gasteiger charge is -2.33. The summed E-state index contributed by atoms with van der Waals surface area (Å²) in [4.78, 5) is 24.7. The first-order valence-electron chi connectivity index (χ1n) is 7.23. The Hall–Kier alpha value is -2.18. The van der Waals surface area contributed by atoms with Crippen LogP contribution in [0.1, 0.15) is 6.92 Å². The number of hydrogen-bond donors (Lipinski definition) is 5. The lowest BCUT2D eigenvalue weighted by atomic mass is 9.94. The van der Waals surface area contributed by atoms with Gasteiger partial charge >= 0.3 is 0 Å². The Kier molecular flexibility index (Phi) is 3.97. The molecule has 0 bridgehead atoms. The van der Waals surface area contributed by atoms with E-state index in [9.17, 15) is 20.1 Å². The van der Waals surface area contributed by atoms with Gasteiger partial charge in [0.15, 0.2) is 11.5 Å². The van der Waals surface area contributed by atoms with Crippen molar-refractivity contribution >= 4 is 22.8 Å². The molecule has 24 heavy (non-hydrogen) atoms. The highest BCUT2D eigenvalue weighted by atomic mass is 16.6. The molecule has 1 fully saturated rings. The van der Waals surface area contributed by atoms with Gasteiger partial charge in [0.05, 0.1) is 12.6 Å². The number of rotatable bonds is 4. The molecule has 11 nitrogen and oxygen atoms in total. The van der Waals surface area contributed by atoms with Gasteiger partial charge in [0.1, 0.15) is 36.5 Å². The number of nitrogens with two attached hydrogens (primary N) is 2. The highest BCUT2D eigenvalue weighted by Crippen LogP contribution is 2.39. The molecule has 3 heterocycles. The molecule has 7 N–H and O–H groups in total. The number of Topliss-reactive ketones (excluding diaryl/α,β-unsaturated/α-hetero) is 1. The molecule has 11 heteroatoms. The summed E-state index contributed by atoms with van der Waals surface area (Å²) in [5, 5.41) is 30.0. The molecule has 1 unspecified atom stereocenters. The number of carbonyl (C=O) groups is 1. The van der Waals surface area contributed by atoms with Gasteiger partial charge in [0, 0.05) is 0 Å². The Balaban J connectivity index is 2.26. The summed E-state index contributed by atoms with van der Waals surface area (Å²) in [6, 6.07) is -1.03. The third-order valence-electron chi connectivity index (χ3n) is 4.10. The van der Waals surface area contributed by atoms with Crippen molar-refractivity contribution < 1.29 is 24.9 Å². The second-order valence-electron chi connectivity index (χ2n) is 5.67. The van der Waals surface area contributed by atoms with E-state index >= 15 is 0 Å². The zero-order valence-corrected chi connectivity index (χ0v) is 12.8. The van der Waals surface area contributed by atoms with Crippen molar-refractivity contribution in [1.82, 2.24) is 19.5 Å². The summed E-state index contributed by atoms with van der Waals surface area (Å²) in [5.41, 5.74) is 9.67. The SMILES string of the molecule is CC(N)C(=O)[C@@]1(n2cnc3c(N)ncnc32)O[C@H](CO)[C@@H](O)[C@H]1O. The van der Waals surface area contributed by atoms with Gasteiger partial charge in [-0.25, -0.2) is 15.0 Å². The van der Waals surface area contributed by atoms with Crippen LogP contribution in [0, 0.1) is 0 Å². The lowest BCUT2D eigenvalue weighted by molar-refractivity contribution is -0.175. The number of nitrogen functional groups attached to an aromatic ring is 1. The van der Waals surface area contributed by atoms with Crippen molar-refractivity contribution in [3.05, 3.63) is 12.7 Å². The van der Waals surface area contributed by atoms with Gasteiger partial charge in [-0.1, -0.05) is 0 Å². The predicted molar refractivity (Wildman–Crippen MR) is 80.3 cm³/mol. The molecule has 2 aromatic rings. The summed E-state index contributed by atoms with van der Waals surface area (Å²) in [6.45, 7) is 0.817. The van der Waals surface area contributed by atoms with Gasteiger partial charge in [-0.3, -0.25) is 9.36 Å². The Bertz CT molecular complexity index is 779. The first-order chi connectivity index (χ1) is 11.3. The molecule has 0 spiro atoms. The van der Waals surface area contributed by atoms with E-state index in [2.05, 4.69) is 15.0 Å². The first kappa shape index (κ1) is 16.7. The second-order valence-corrected chi connectivity index (χ2v) is 5.67. The Morgan fingerprint density at radius 3 is 2.75 bits per heavy atom. The molecule has 1 saturated heterocycles. The topological polar surface area (TPSA) is 183 Å². The number of nitrogens with zero attached hydrogens (tertiary/aromatic N) is 4. The number of fused-ring (bicyclic) bond motifs is 1. The maximum Gasteiger partial charge on any atom is 0.238 e. The number of aromatic nitrogens is 4. The van der Waals surface area contributed by atoms with Crippen LogP contribution in [0.2, 0.25) is 0 Å². The zero-order valence-electron chi connectivity index (χ0n) is 12.8. The average molecular weight is 338 g/mol. The van der Waals surface area contributed by atoms with Gasteiger partial charge in [-0.15, -0.1) is 0 Å². The molecule has 1 aliphatic rings. The quantitative estimate of drug-likeness (QED) is 0.387.